The van der Waals surface area contributed by atoms with Gasteiger partial charge in [0.05, 0.1) is 34.6 Å². The minimum atomic E-state index is -3.94. The van der Waals surface area contributed by atoms with E-state index in [2.05, 4.69) is 14.1 Å². The molecule has 1 saturated carbocycles. The first-order chi connectivity index (χ1) is 13.4. The molecule has 0 amide bonds. The highest BCUT2D eigenvalue weighted by Gasteiger charge is 2.46. The zero-order chi connectivity index (χ0) is 19.9. The van der Waals surface area contributed by atoms with Gasteiger partial charge < -0.3 is 4.74 Å². The molecule has 150 valence electrons. The van der Waals surface area contributed by atoms with Gasteiger partial charge in [0, 0.05) is 18.6 Å². The number of methoxy groups -OCH3 is 1. The molecule has 2 aromatic heterocycles. The molecular formula is C16H18FN5O4S2. The number of fused-ring (bicyclic) bond motifs is 1. The highest BCUT2D eigenvalue weighted by molar-refractivity contribution is 7.89. The Balaban J connectivity index is 1.86. The zero-order valence-corrected chi connectivity index (χ0v) is 16.6. The van der Waals surface area contributed by atoms with Gasteiger partial charge in [-0.3, -0.25) is 4.57 Å². The van der Waals surface area contributed by atoms with Crippen molar-refractivity contribution < 1.29 is 17.5 Å². The van der Waals surface area contributed by atoms with E-state index in [9.17, 15) is 17.6 Å². The summed E-state index contributed by atoms with van der Waals surface area (Å²) in [4.78, 5) is 17.0. The smallest absolute Gasteiger partial charge is 0.335 e. The van der Waals surface area contributed by atoms with E-state index in [0.717, 1.165) is 11.5 Å². The van der Waals surface area contributed by atoms with Crippen molar-refractivity contribution in [3.05, 3.63) is 35.0 Å². The third kappa shape index (κ3) is 3.26. The van der Waals surface area contributed by atoms with Crippen molar-refractivity contribution >= 4 is 32.6 Å². The number of nitrogens with one attached hydrogen (secondary N) is 1. The molecule has 1 fully saturated rings. The van der Waals surface area contributed by atoms with E-state index in [1.54, 1.807) is 6.07 Å². The molecule has 0 spiro atoms. The summed E-state index contributed by atoms with van der Waals surface area (Å²) in [5.41, 5.74) is -0.445. The lowest BCUT2D eigenvalue weighted by atomic mass is 10.3. The van der Waals surface area contributed by atoms with Crippen molar-refractivity contribution in [2.24, 2.45) is 0 Å². The Morgan fingerprint density at radius 1 is 1.36 bits per heavy atom. The number of halogens is 1. The monoisotopic (exact) mass is 427 g/mol. The molecule has 12 heteroatoms. The van der Waals surface area contributed by atoms with E-state index in [4.69, 9.17) is 4.74 Å². The van der Waals surface area contributed by atoms with Gasteiger partial charge in [-0.25, -0.2) is 31.9 Å². The first kappa shape index (κ1) is 19.2. The fourth-order valence-corrected chi connectivity index (χ4v) is 5.01. The van der Waals surface area contributed by atoms with E-state index in [0.29, 0.717) is 42.2 Å². The van der Waals surface area contributed by atoms with Gasteiger partial charge in [-0.05, 0) is 31.0 Å². The molecule has 1 aromatic carbocycles. The topological polar surface area (TPSA) is 108 Å². The van der Waals surface area contributed by atoms with E-state index in [1.165, 1.54) is 34.7 Å². The molecule has 1 N–H and O–H groups in total. The van der Waals surface area contributed by atoms with Crippen molar-refractivity contribution in [3.63, 3.8) is 0 Å². The van der Waals surface area contributed by atoms with Crippen LogP contribution in [0.4, 0.5) is 4.39 Å². The number of sulfonamides is 1. The minimum Gasteiger partial charge on any atom is -0.383 e. The van der Waals surface area contributed by atoms with Crippen LogP contribution in [0.5, 0.6) is 0 Å². The van der Waals surface area contributed by atoms with Crippen LogP contribution in [0.15, 0.2) is 34.2 Å². The number of ether oxygens (including phenoxy) is 1. The molecule has 0 radical (unpaired) electrons. The molecule has 3 aromatic rings. The summed E-state index contributed by atoms with van der Waals surface area (Å²) >= 11 is 1.02. The van der Waals surface area contributed by atoms with Crippen molar-refractivity contribution in [2.75, 3.05) is 20.4 Å². The molecule has 0 saturated heterocycles. The van der Waals surface area contributed by atoms with E-state index in [-0.39, 0.29) is 10.6 Å². The van der Waals surface area contributed by atoms with E-state index >= 15 is 0 Å². The second-order valence-corrected chi connectivity index (χ2v) is 9.10. The van der Waals surface area contributed by atoms with Gasteiger partial charge in [-0.15, -0.1) is 0 Å². The lowest BCUT2D eigenvalue weighted by Gasteiger charge is -2.14. The first-order valence-corrected chi connectivity index (χ1v) is 10.8. The molecule has 1 aliphatic carbocycles. The second kappa shape index (κ2) is 7.03. The number of hydrogen-bond donors (Lipinski definition) is 1. The number of rotatable bonds is 8. The van der Waals surface area contributed by atoms with Crippen LogP contribution in [0.2, 0.25) is 0 Å². The van der Waals surface area contributed by atoms with Crippen LogP contribution in [0.1, 0.15) is 12.8 Å². The fourth-order valence-electron chi connectivity index (χ4n) is 3.01. The predicted molar refractivity (Wildman–Crippen MR) is 101 cm³/mol. The fraction of sp³-hybridized carbons (Fsp3) is 0.438. The maximum Gasteiger partial charge on any atom is 0.335 e. The minimum absolute atomic E-state index is 0.0399. The van der Waals surface area contributed by atoms with Crippen LogP contribution in [0.25, 0.3) is 16.2 Å². The van der Waals surface area contributed by atoms with E-state index < -0.39 is 22.2 Å². The number of alkyl halides is 1. The molecule has 4 rings (SSSR count). The molecule has 0 unspecified atom stereocenters. The highest BCUT2D eigenvalue weighted by Crippen LogP contribution is 2.37. The van der Waals surface area contributed by atoms with Crippen molar-refractivity contribution in [1.29, 1.82) is 0 Å². The predicted octanol–water partition coefficient (Wildman–Crippen LogP) is 1.07. The Hall–Kier alpha value is -2.15. The van der Waals surface area contributed by atoms with Crippen molar-refractivity contribution in [2.45, 2.75) is 29.8 Å². The molecule has 28 heavy (non-hydrogen) atoms. The van der Waals surface area contributed by atoms with Gasteiger partial charge >= 0.3 is 5.69 Å². The van der Waals surface area contributed by atoms with Crippen LogP contribution in [-0.4, -0.2) is 52.8 Å². The Morgan fingerprint density at radius 3 is 2.75 bits per heavy atom. The van der Waals surface area contributed by atoms with E-state index in [1.807, 2.05) is 0 Å². The number of nitrogens with zero attached hydrogens (tertiary/aromatic N) is 4. The van der Waals surface area contributed by atoms with Gasteiger partial charge in [0.1, 0.15) is 13.0 Å². The average Bonchev–Trinajstić information content (AvgIpc) is 3.11. The molecule has 9 nitrogen and oxygen atoms in total. The van der Waals surface area contributed by atoms with Crippen molar-refractivity contribution in [1.82, 2.24) is 23.2 Å². The maximum atomic E-state index is 13.2. The Bertz CT molecular complexity index is 1170. The Kier molecular flexibility index (Phi) is 4.81. The molecule has 1 aliphatic rings. The van der Waals surface area contributed by atoms with Crippen LogP contribution >= 0.6 is 11.5 Å². The number of hydrogen-bond acceptors (Lipinski definition) is 7. The lowest BCUT2D eigenvalue weighted by Crippen LogP contribution is -2.38. The number of imidazole rings is 1. The summed E-state index contributed by atoms with van der Waals surface area (Å²) in [5.74, 6) is 0. The summed E-state index contributed by atoms with van der Waals surface area (Å²) in [6.45, 7) is -0.139. The van der Waals surface area contributed by atoms with Gasteiger partial charge in [0.15, 0.2) is 0 Å². The lowest BCUT2D eigenvalue weighted by molar-refractivity contribution is 0.187. The van der Waals surface area contributed by atoms with Gasteiger partial charge in [0.2, 0.25) is 15.2 Å². The summed E-state index contributed by atoms with van der Waals surface area (Å²) in [7, 11) is -2.41. The SMILES string of the molecule is COCCn1c(=O)n(-c2ncns2)c2cc(S(=O)(=O)NC3(CF)CC3)ccc21. The number of benzene rings is 1. The second-order valence-electron chi connectivity index (χ2n) is 6.66. The average molecular weight is 427 g/mol. The van der Waals surface area contributed by atoms with Crippen LogP contribution in [0.3, 0.4) is 0 Å². The quantitative estimate of drug-likeness (QED) is 0.576. The number of aromatic nitrogens is 4. The van der Waals surface area contributed by atoms with Gasteiger partial charge in [-0.2, -0.15) is 4.37 Å². The maximum absolute atomic E-state index is 13.2. The van der Waals surface area contributed by atoms with Crippen LogP contribution < -0.4 is 10.4 Å². The molecule has 2 heterocycles. The van der Waals surface area contributed by atoms with Crippen LogP contribution in [0, 0.1) is 0 Å². The normalized spacial score (nSPS) is 15.9. The standard InChI is InChI=1S/C16H18FN5O4S2/c1-26-7-6-21-12-3-2-11(28(24,25)20-16(9-17)4-5-16)8-13(12)22(15(21)23)14-18-10-19-27-14/h2-3,8,10,20H,4-7,9H2,1H3. The summed E-state index contributed by atoms with van der Waals surface area (Å²) in [6.07, 6.45) is 2.26. The molecular weight excluding hydrogens is 409 g/mol. The molecule has 0 bridgehead atoms. The van der Waals surface area contributed by atoms with Crippen molar-refractivity contribution in [3.8, 4) is 5.13 Å². The zero-order valence-electron chi connectivity index (χ0n) is 15.0. The summed E-state index contributed by atoms with van der Waals surface area (Å²) in [6, 6.07) is 4.37. The summed E-state index contributed by atoms with van der Waals surface area (Å²) < 4.78 is 52.9. The van der Waals surface area contributed by atoms with Gasteiger partial charge in [-0.1, -0.05) is 0 Å². The largest absolute Gasteiger partial charge is 0.383 e. The summed E-state index contributed by atoms with van der Waals surface area (Å²) in [5, 5.41) is 0.330. The Labute approximate surface area is 164 Å². The Morgan fingerprint density at radius 2 is 2.14 bits per heavy atom. The first-order valence-electron chi connectivity index (χ1n) is 8.52. The molecule has 0 atom stereocenters. The third-order valence-corrected chi connectivity index (χ3v) is 6.96. The van der Waals surface area contributed by atoms with Gasteiger partial charge in [0.25, 0.3) is 0 Å². The third-order valence-electron chi connectivity index (χ3n) is 4.73. The molecule has 0 aliphatic heterocycles. The highest BCUT2D eigenvalue weighted by atomic mass is 32.2. The van der Waals surface area contributed by atoms with Crippen LogP contribution in [-0.2, 0) is 21.3 Å².